The van der Waals surface area contributed by atoms with E-state index in [0.29, 0.717) is 11.3 Å². The van der Waals surface area contributed by atoms with Crippen molar-refractivity contribution in [3.05, 3.63) is 48.2 Å². The first kappa shape index (κ1) is 13.8. The topological polar surface area (TPSA) is 94.9 Å². The van der Waals surface area contributed by atoms with Crippen LogP contribution in [0.15, 0.2) is 47.5 Å². The third-order valence-corrected chi connectivity index (χ3v) is 3.95. The summed E-state index contributed by atoms with van der Waals surface area (Å²) in [5.74, 6) is 0.261. The molecule has 0 bridgehead atoms. The van der Waals surface area contributed by atoms with Crippen LogP contribution in [0.25, 0.3) is 0 Å². The van der Waals surface area contributed by atoms with Gasteiger partial charge < -0.3 is 5.32 Å². The maximum Gasteiger partial charge on any atom is 0.265 e. The van der Waals surface area contributed by atoms with Gasteiger partial charge in [0.05, 0.1) is 17.3 Å². The van der Waals surface area contributed by atoms with E-state index in [9.17, 15) is 8.42 Å². The fourth-order valence-electron chi connectivity index (χ4n) is 1.66. The highest BCUT2D eigenvalue weighted by atomic mass is 32.2. The van der Waals surface area contributed by atoms with Gasteiger partial charge in [-0.05, 0) is 30.3 Å². The largest absolute Gasteiger partial charge is 0.372 e. The molecule has 2 rings (SSSR count). The predicted octanol–water partition coefficient (Wildman–Crippen LogP) is 1.80. The molecule has 0 atom stereocenters. The second kappa shape index (κ2) is 5.59. The number of sulfonamides is 1. The van der Waals surface area contributed by atoms with Crippen LogP contribution in [0.1, 0.15) is 5.56 Å². The maximum absolute atomic E-state index is 12.3. The molecule has 2 aromatic rings. The summed E-state index contributed by atoms with van der Waals surface area (Å²) in [4.78, 5) is 4.00. The van der Waals surface area contributed by atoms with Gasteiger partial charge in [0.15, 0.2) is 0 Å². The molecule has 7 heteroatoms. The summed E-state index contributed by atoms with van der Waals surface area (Å²) in [7, 11) is -2.17. The predicted molar refractivity (Wildman–Crippen MR) is 75.7 cm³/mol. The Morgan fingerprint density at radius 1 is 1.25 bits per heavy atom. The van der Waals surface area contributed by atoms with Crippen LogP contribution in [-0.4, -0.2) is 20.4 Å². The summed E-state index contributed by atoms with van der Waals surface area (Å²) < 4.78 is 27.0. The van der Waals surface area contributed by atoms with Crippen molar-refractivity contribution >= 4 is 21.5 Å². The normalized spacial score (nSPS) is 10.6. The molecule has 0 radical (unpaired) electrons. The Balaban J connectivity index is 2.38. The van der Waals surface area contributed by atoms with Gasteiger partial charge in [0.2, 0.25) is 0 Å². The first-order valence-corrected chi connectivity index (χ1v) is 7.21. The Morgan fingerprint density at radius 2 is 2.05 bits per heavy atom. The standard InChI is InChI=1S/C13H12N4O2S/c1-15-13-12(6-3-7-16-13)20(18,19)17-11-5-2-4-10(8-11)9-14/h2-8,17H,1H3,(H,15,16). The molecule has 0 unspecified atom stereocenters. The van der Waals surface area contributed by atoms with Crippen molar-refractivity contribution in [2.45, 2.75) is 4.90 Å². The number of nitriles is 1. The molecule has 0 saturated carbocycles. The maximum atomic E-state index is 12.3. The molecule has 1 aromatic heterocycles. The van der Waals surface area contributed by atoms with E-state index in [2.05, 4.69) is 15.0 Å². The van der Waals surface area contributed by atoms with Crippen molar-refractivity contribution in [3.63, 3.8) is 0 Å². The van der Waals surface area contributed by atoms with E-state index in [4.69, 9.17) is 5.26 Å². The van der Waals surface area contributed by atoms with Gasteiger partial charge in [0.25, 0.3) is 10.0 Å². The Bertz CT molecular complexity index is 766. The zero-order valence-corrected chi connectivity index (χ0v) is 11.5. The highest BCUT2D eigenvalue weighted by Crippen LogP contribution is 2.21. The highest BCUT2D eigenvalue weighted by Gasteiger charge is 2.18. The molecule has 1 heterocycles. The Labute approximate surface area is 117 Å². The lowest BCUT2D eigenvalue weighted by molar-refractivity contribution is 0.601. The highest BCUT2D eigenvalue weighted by molar-refractivity contribution is 7.92. The van der Waals surface area contributed by atoms with Gasteiger partial charge in [0, 0.05) is 13.2 Å². The Hall–Kier alpha value is -2.59. The fourth-order valence-corrected chi connectivity index (χ4v) is 2.87. The minimum Gasteiger partial charge on any atom is -0.372 e. The van der Waals surface area contributed by atoms with Crippen molar-refractivity contribution in [1.29, 1.82) is 5.26 Å². The second-order valence-electron chi connectivity index (χ2n) is 3.90. The van der Waals surface area contributed by atoms with Crippen LogP contribution in [0.4, 0.5) is 11.5 Å². The average molecular weight is 288 g/mol. The van der Waals surface area contributed by atoms with Crippen LogP contribution in [0.3, 0.4) is 0 Å². The van der Waals surface area contributed by atoms with Crippen LogP contribution in [0.2, 0.25) is 0 Å². The smallest absolute Gasteiger partial charge is 0.265 e. The van der Waals surface area contributed by atoms with E-state index in [-0.39, 0.29) is 10.7 Å². The van der Waals surface area contributed by atoms with Crippen LogP contribution >= 0.6 is 0 Å². The zero-order chi connectivity index (χ0) is 14.6. The number of anilines is 2. The molecule has 0 fully saturated rings. The molecule has 0 aliphatic carbocycles. The molecule has 0 saturated heterocycles. The first-order valence-electron chi connectivity index (χ1n) is 5.72. The second-order valence-corrected chi connectivity index (χ2v) is 5.55. The van der Waals surface area contributed by atoms with Crippen LogP contribution < -0.4 is 10.0 Å². The number of pyridine rings is 1. The number of benzene rings is 1. The minimum absolute atomic E-state index is 0.0462. The summed E-state index contributed by atoms with van der Waals surface area (Å²) >= 11 is 0. The van der Waals surface area contributed by atoms with Crippen LogP contribution in [0, 0.1) is 11.3 Å². The van der Waals surface area contributed by atoms with Gasteiger partial charge in [-0.25, -0.2) is 13.4 Å². The Morgan fingerprint density at radius 3 is 2.75 bits per heavy atom. The summed E-state index contributed by atoms with van der Waals surface area (Å²) in [6.07, 6.45) is 1.50. The van der Waals surface area contributed by atoms with Crippen molar-refractivity contribution < 1.29 is 8.42 Å². The van der Waals surface area contributed by atoms with Crippen molar-refractivity contribution in [3.8, 4) is 6.07 Å². The van der Waals surface area contributed by atoms with E-state index in [1.54, 1.807) is 31.3 Å². The molecule has 2 N–H and O–H groups in total. The summed E-state index contributed by atoms with van der Waals surface area (Å²) in [6, 6.07) is 11.2. The molecule has 0 aliphatic heterocycles. The van der Waals surface area contributed by atoms with Gasteiger partial charge in [-0.2, -0.15) is 5.26 Å². The van der Waals surface area contributed by atoms with Gasteiger partial charge in [0.1, 0.15) is 10.7 Å². The summed E-state index contributed by atoms with van der Waals surface area (Å²) in [5, 5.41) is 11.5. The lowest BCUT2D eigenvalue weighted by Gasteiger charge is -2.11. The lowest BCUT2D eigenvalue weighted by atomic mass is 10.2. The van der Waals surface area contributed by atoms with Gasteiger partial charge in [-0.15, -0.1) is 0 Å². The fraction of sp³-hybridized carbons (Fsp3) is 0.0769. The number of hydrogen-bond donors (Lipinski definition) is 2. The molecule has 1 aromatic carbocycles. The van der Waals surface area contributed by atoms with E-state index in [1.165, 1.54) is 18.3 Å². The molecular formula is C13H12N4O2S. The van der Waals surface area contributed by atoms with Gasteiger partial charge >= 0.3 is 0 Å². The molecule has 102 valence electrons. The number of nitrogens with one attached hydrogen (secondary N) is 2. The molecule has 0 aliphatic rings. The zero-order valence-electron chi connectivity index (χ0n) is 10.7. The summed E-state index contributed by atoms with van der Waals surface area (Å²) in [5.41, 5.74) is 0.709. The summed E-state index contributed by atoms with van der Waals surface area (Å²) in [6.45, 7) is 0. The van der Waals surface area contributed by atoms with Crippen molar-refractivity contribution in [2.75, 3.05) is 17.1 Å². The lowest BCUT2D eigenvalue weighted by Crippen LogP contribution is -2.15. The number of hydrogen-bond acceptors (Lipinski definition) is 5. The van der Waals surface area contributed by atoms with E-state index in [1.807, 2.05) is 6.07 Å². The number of aromatic nitrogens is 1. The van der Waals surface area contributed by atoms with E-state index >= 15 is 0 Å². The molecule has 6 nitrogen and oxygen atoms in total. The van der Waals surface area contributed by atoms with Crippen molar-refractivity contribution in [2.24, 2.45) is 0 Å². The third kappa shape index (κ3) is 2.87. The van der Waals surface area contributed by atoms with Gasteiger partial charge in [-0.1, -0.05) is 6.07 Å². The van der Waals surface area contributed by atoms with Crippen LogP contribution in [0.5, 0.6) is 0 Å². The quantitative estimate of drug-likeness (QED) is 0.894. The molecular weight excluding hydrogens is 276 g/mol. The minimum atomic E-state index is -3.77. The Kier molecular flexibility index (Phi) is 3.86. The molecule has 20 heavy (non-hydrogen) atoms. The molecule has 0 amide bonds. The van der Waals surface area contributed by atoms with Crippen LogP contribution in [-0.2, 0) is 10.0 Å². The van der Waals surface area contributed by atoms with Gasteiger partial charge in [-0.3, -0.25) is 4.72 Å². The monoisotopic (exact) mass is 288 g/mol. The molecule has 0 spiro atoms. The van der Waals surface area contributed by atoms with E-state index < -0.39 is 10.0 Å². The third-order valence-electron chi connectivity index (χ3n) is 2.54. The number of nitrogens with zero attached hydrogens (tertiary/aromatic N) is 2. The van der Waals surface area contributed by atoms with E-state index in [0.717, 1.165) is 0 Å². The average Bonchev–Trinajstić information content (AvgIpc) is 2.47. The van der Waals surface area contributed by atoms with Crippen molar-refractivity contribution in [1.82, 2.24) is 4.98 Å². The first-order chi connectivity index (χ1) is 9.56. The SMILES string of the molecule is CNc1ncccc1S(=O)(=O)Nc1cccc(C#N)c1. The number of rotatable bonds is 4.